The third-order valence-corrected chi connectivity index (χ3v) is 6.25. The van der Waals surface area contributed by atoms with Crippen LogP contribution in [-0.4, -0.2) is 74.4 Å². The van der Waals surface area contributed by atoms with E-state index < -0.39 is 40.8 Å². The minimum atomic E-state index is -1.47. The third kappa shape index (κ3) is 9.40. The van der Waals surface area contributed by atoms with E-state index in [1.165, 1.54) is 37.4 Å². The van der Waals surface area contributed by atoms with Crippen molar-refractivity contribution in [3.63, 3.8) is 0 Å². The van der Waals surface area contributed by atoms with E-state index in [9.17, 15) is 33.1 Å². The van der Waals surface area contributed by atoms with Crippen LogP contribution in [0, 0.1) is 11.6 Å². The number of ether oxygens (including phenoxy) is 2. The molecule has 2 aromatic heterocycles. The van der Waals surface area contributed by atoms with Crippen LogP contribution in [0.4, 0.5) is 20.2 Å². The molecule has 1 amide bonds. The quantitative estimate of drug-likeness (QED) is 0.0395. The number of carbonyl (C=O) groups is 4. The van der Waals surface area contributed by atoms with E-state index in [4.69, 9.17) is 38.0 Å². The Morgan fingerprint density at radius 1 is 0.840 bits per heavy atom. The predicted molar refractivity (Wildman–Crippen MR) is 169 cm³/mol. The van der Waals surface area contributed by atoms with Crippen molar-refractivity contribution in [2.75, 3.05) is 42.6 Å². The molecule has 2 aromatic carbocycles. The average Bonchev–Trinajstić information content (AvgIpc) is 3.09. The molecule has 12 N–H and O–H groups in total. The molecule has 4 rings (SSSR count). The SMILES string of the molecule is CNc1cc(OCCCOc2cc(C(=O)O)c(NC(=O)c3cc/c(=N/N)n(N)n3)cc2F)c(F)cc1C(=O)O.N/N=c1/ccc(C=O)nn1N. The van der Waals surface area contributed by atoms with Crippen LogP contribution in [0.25, 0.3) is 0 Å². The highest BCUT2D eigenvalue weighted by molar-refractivity contribution is 6.06. The summed E-state index contributed by atoms with van der Waals surface area (Å²) in [6, 6.07) is 9.16. The number of aromatic carboxylic acids is 2. The molecule has 0 radical (unpaired) electrons. The fourth-order valence-corrected chi connectivity index (χ4v) is 3.87. The van der Waals surface area contributed by atoms with E-state index in [0.29, 0.717) is 11.8 Å². The van der Waals surface area contributed by atoms with Crippen LogP contribution in [-0.2, 0) is 0 Å². The average molecular weight is 701 g/mol. The van der Waals surface area contributed by atoms with Crippen molar-refractivity contribution in [1.82, 2.24) is 19.8 Å². The fourth-order valence-electron chi connectivity index (χ4n) is 3.87. The number of nitrogens with zero attached hydrogens (tertiary/aromatic N) is 6. The second-order valence-electron chi connectivity index (χ2n) is 9.48. The maximum atomic E-state index is 14.7. The second kappa shape index (κ2) is 17.1. The van der Waals surface area contributed by atoms with Crippen molar-refractivity contribution in [2.45, 2.75) is 6.42 Å². The monoisotopic (exact) mass is 700 g/mol. The number of nitrogen functional groups attached to an aromatic ring is 2. The molecule has 0 aliphatic heterocycles. The molecule has 0 spiro atoms. The standard InChI is InChI=1S/C23H23F2N7O7.C5H7N5O/c1-28-16-10-19(13(24)7-11(16)22(34)35)39-6-2-5-38-18-8-12(23(36)37)17(9-14(18)25)29-21(33)15-3-4-20(30-26)32(27)31-15;6-8-5-2-1-4(3-11)9-10(5)7/h3-4,7-10,28H,2,5-6,26-27H2,1H3,(H,29,33)(H,34,35)(H,36,37);1-3H,6-7H2/b30-20-;8-5-. The van der Waals surface area contributed by atoms with Gasteiger partial charge in [0, 0.05) is 25.6 Å². The molecule has 22 heteroatoms. The van der Waals surface area contributed by atoms with Gasteiger partial charge in [0.25, 0.3) is 5.91 Å². The van der Waals surface area contributed by atoms with Gasteiger partial charge in [-0.3, -0.25) is 9.59 Å². The maximum Gasteiger partial charge on any atom is 0.337 e. The lowest BCUT2D eigenvalue weighted by Gasteiger charge is -2.14. The number of aromatic nitrogens is 4. The molecule has 0 atom stereocenters. The number of nitrogens with two attached hydrogens (primary N) is 4. The zero-order chi connectivity index (χ0) is 37.0. The van der Waals surface area contributed by atoms with E-state index in [0.717, 1.165) is 27.8 Å². The Kier molecular flexibility index (Phi) is 12.7. The number of benzene rings is 2. The van der Waals surface area contributed by atoms with Crippen molar-refractivity contribution >= 4 is 35.5 Å². The van der Waals surface area contributed by atoms with Crippen LogP contribution in [0.3, 0.4) is 0 Å². The number of hydrogen-bond acceptors (Lipinski definition) is 15. The fraction of sp³-hybridized carbons (Fsp3) is 0.143. The van der Waals surface area contributed by atoms with Gasteiger partial charge in [-0.1, -0.05) is 0 Å². The Balaban J connectivity index is 0.000000521. The zero-order valence-corrected chi connectivity index (χ0v) is 25.9. The molecule has 0 aliphatic carbocycles. The Morgan fingerprint density at radius 3 is 1.90 bits per heavy atom. The number of hydrogen-bond donors (Lipinski definition) is 8. The summed E-state index contributed by atoms with van der Waals surface area (Å²) in [5, 5.41) is 37.5. The van der Waals surface area contributed by atoms with Gasteiger partial charge in [-0.15, -0.1) is 10.2 Å². The normalized spacial score (nSPS) is 11.2. The van der Waals surface area contributed by atoms with E-state index in [1.807, 2.05) is 0 Å². The lowest BCUT2D eigenvalue weighted by Crippen LogP contribution is -2.33. The first kappa shape index (κ1) is 37.2. The topological polar surface area (TPSA) is 316 Å². The van der Waals surface area contributed by atoms with Crippen LogP contribution in [0.2, 0.25) is 0 Å². The van der Waals surface area contributed by atoms with E-state index in [1.54, 1.807) is 0 Å². The minimum Gasteiger partial charge on any atom is -0.490 e. The van der Waals surface area contributed by atoms with Crippen LogP contribution >= 0.6 is 0 Å². The van der Waals surface area contributed by atoms with Gasteiger partial charge in [0.15, 0.2) is 46.1 Å². The number of halogens is 2. The van der Waals surface area contributed by atoms with Gasteiger partial charge in [0.2, 0.25) is 0 Å². The van der Waals surface area contributed by atoms with Gasteiger partial charge in [-0.2, -0.15) is 19.8 Å². The van der Waals surface area contributed by atoms with Crippen LogP contribution in [0.5, 0.6) is 11.5 Å². The summed E-state index contributed by atoms with van der Waals surface area (Å²) in [5.41, 5.74) is -0.584. The molecule has 4 aromatic rings. The number of nitrogens with one attached hydrogen (secondary N) is 2. The van der Waals surface area contributed by atoms with Crippen molar-refractivity contribution in [2.24, 2.45) is 21.9 Å². The smallest absolute Gasteiger partial charge is 0.337 e. The Morgan fingerprint density at radius 2 is 1.38 bits per heavy atom. The van der Waals surface area contributed by atoms with Crippen LogP contribution in [0.1, 0.15) is 48.1 Å². The van der Waals surface area contributed by atoms with E-state index >= 15 is 0 Å². The van der Waals surface area contributed by atoms with Crippen molar-refractivity contribution in [1.29, 1.82) is 0 Å². The van der Waals surface area contributed by atoms with Gasteiger partial charge in [0.1, 0.15) is 5.69 Å². The predicted octanol–water partition coefficient (Wildman–Crippen LogP) is -0.628. The minimum absolute atomic E-state index is 0.0552. The van der Waals surface area contributed by atoms with Crippen molar-refractivity contribution < 1.29 is 47.6 Å². The molecule has 50 heavy (non-hydrogen) atoms. The summed E-state index contributed by atoms with van der Waals surface area (Å²) in [7, 11) is 1.47. The first-order chi connectivity index (χ1) is 23.8. The molecule has 0 bridgehead atoms. The molecule has 20 nitrogen and oxygen atoms in total. The molecule has 0 saturated carbocycles. The molecule has 0 saturated heterocycles. The molecule has 0 aliphatic rings. The summed E-state index contributed by atoms with van der Waals surface area (Å²) in [5.74, 6) is 14.8. The number of aldehydes is 1. The Labute approximate surface area is 279 Å². The summed E-state index contributed by atoms with van der Waals surface area (Å²) in [4.78, 5) is 47.2. The Bertz CT molecular complexity index is 2050. The molecule has 264 valence electrons. The first-order valence-electron chi connectivity index (χ1n) is 13.9. The molecular formula is C28H30F2N12O8. The number of anilines is 2. The highest BCUT2D eigenvalue weighted by Gasteiger charge is 2.20. The largest absolute Gasteiger partial charge is 0.490 e. The molecule has 0 fully saturated rings. The van der Waals surface area contributed by atoms with Gasteiger partial charge in [-0.05, 0) is 36.4 Å². The number of carbonyl (C=O) groups excluding carboxylic acids is 2. The van der Waals surface area contributed by atoms with Gasteiger partial charge in [0.05, 0.1) is 35.7 Å². The first-order valence-corrected chi connectivity index (χ1v) is 13.9. The molecular weight excluding hydrogens is 670 g/mol. The van der Waals surface area contributed by atoms with Crippen LogP contribution in [0.15, 0.2) is 58.7 Å². The molecule has 0 unspecified atom stereocenters. The summed E-state index contributed by atoms with van der Waals surface area (Å²) in [6.07, 6.45) is 0.717. The van der Waals surface area contributed by atoms with Crippen molar-refractivity contribution in [3.05, 3.63) is 93.7 Å². The number of carboxylic acid groups (broad SMARTS) is 2. The number of rotatable bonds is 12. The highest BCUT2D eigenvalue weighted by atomic mass is 19.1. The third-order valence-electron chi connectivity index (χ3n) is 6.25. The summed E-state index contributed by atoms with van der Waals surface area (Å²) in [6.45, 7) is -0.229. The second-order valence-corrected chi connectivity index (χ2v) is 9.48. The highest BCUT2D eigenvalue weighted by Crippen LogP contribution is 2.28. The summed E-state index contributed by atoms with van der Waals surface area (Å²) < 4.78 is 39.4. The van der Waals surface area contributed by atoms with Gasteiger partial charge in [-0.25, -0.2) is 18.4 Å². The lowest BCUT2D eigenvalue weighted by atomic mass is 10.1. The van der Waals surface area contributed by atoms with E-state index in [-0.39, 0.29) is 59.2 Å². The number of carboxylic acids is 2. The zero-order valence-electron chi connectivity index (χ0n) is 25.9. The van der Waals surface area contributed by atoms with Gasteiger partial charge < -0.3 is 53.7 Å². The maximum absolute atomic E-state index is 14.7. The van der Waals surface area contributed by atoms with Crippen LogP contribution < -0.4 is 54.5 Å². The van der Waals surface area contributed by atoms with E-state index in [2.05, 4.69) is 31.0 Å². The summed E-state index contributed by atoms with van der Waals surface area (Å²) >= 11 is 0. The molecule has 2 heterocycles. The number of amides is 1. The Hall–Kier alpha value is -7.26. The lowest BCUT2D eigenvalue weighted by molar-refractivity contribution is 0.0686. The van der Waals surface area contributed by atoms with Gasteiger partial charge >= 0.3 is 11.9 Å². The van der Waals surface area contributed by atoms with Crippen molar-refractivity contribution in [3.8, 4) is 11.5 Å².